The summed E-state index contributed by atoms with van der Waals surface area (Å²) in [6.07, 6.45) is 1.41. The number of carboxylic acids is 1. The standard InChI is InChI=1S/C12H23NO3/c1-6-8(3)9(10(14)15)13-11(16)12(4,5)7-2/h8-9H,6-7H2,1-5H3,(H,13,16)(H,14,15). The van der Waals surface area contributed by atoms with Crippen molar-refractivity contribution in [2.24, 2.45) is 11.3 Å². The van der Waals surface area contributed by atoms with Crippen molar-refractivity contribution >= 4 is 11.9 Å². The Morgan fingerprint density at radius 2 is 1.81 bits per heavy atom. The maximum Gasteiger partial charge on any atom is 0.326 e. The zero-order valence-corrected chi connectivity index (χ0v) is 10.8. The Morgan fingerprint density at radius 1 is 1.31 bits per heavy atom. The summed E-state index contributed by atoms with van der Waals surface area (Å²) in [5, 5.41) is 11.7. The molecule has 2 unspecified atom stereocenters. The second-order valence-corrected chi connectivity index (χ2v) is 4.91. The van der Waals surface area contributed by atoms with E-state index in [1.54, 1.807) is 0 Å². The Hall–Kier alpha value is -1.06. The molecule has 0 fully saturated rings. The number of carbonyl (C=O) groups excluding carboxylic acids is 1. The van der Waals surface area contributed by atoms with E-state index < -0.39 is 17.4 Å². The van der Waals surface area contributed by atoms with Crippen LogP contribution in [-0.2, 0) is 9.59 Å². The first-order chi connectivity index (χ1) is 7.26. The quantitative estimate of drug-likeness (QED) is 0.732. The molecule has 16 heavy (non-hydrogen) atoms. The van der Waals surface area contributed by atoms with Crippen LogP contribution in [0.3, 0.4) is 0 Å². The minimum Gasteiger partial charge on any atom is -0.480 e. The van der Waals surface area contributed by atoms with Gasteiger partial charge in [0.25, 0.3) is 0 Å². The predicted molar refractivity (Wildman–Crippen MR) is 63.1 cm³/mol. The van der Waals surface area contributed by atoms with Crippen LogP contribution in [0, 0.1) is 11.3 Å². The van der Waals surface area contributed by atoms with Crippen molar-refractivity contribution < 1.29 is 14.7 Å². The van der Waals surface area contributed by atoms with E-state index in [2.05, 4.69) is 5.32 Å². The van der Waals surface area contributed by atoms with E-state index in [1.165, 1.54) is 0 Å². The number of aliphatic carboxylic acids is 1. The highest BCUT2D eigenvalue weighted by Gasteiger charge is 2.31. The molecule has 0 spiro atoms. The van der Waals surface area contributed by atoms with E-state index in [0.717, 1.165) is 6.42 Å². The van der Waals surface area contributed by atoms with Crippen LogP contribution in [0.4, 0.5) is 0 Å². The van der Waals surface area contributed by atoms with Gasteiger partial charge in [-0.3, -0.25) is 4.79 Å². The monoisotopic (exact) mass is 229 g/mol. The summed E-state index contributed by atoms with van der Waals surface area (Å²) in [6.45, 7) is 9.30. The molecule has 0 aromatic heterocycles. The molecule has 0 saturated heterocycles. The van der Waals surface area contributed by atoms with E-state index in [4.69, 9.17) is 5.11 Å². The summed E-state index contributed by atoms with van der Waals surface area (Å²) in [5.74, 6) is -1.22. The second kappa shape index (κ2) is 5.87. The summed E-state index contributed by atoms with van der Waals surface area (Å²) >= 11 is 0. The zero-order chi connectivity index (χ0) is 12.9. The highest BCUT2D eigenvalue weighted by Crippen LogP contribution is 2.20. The molecule has 94 valence electrons. The minimum atomic E-state index is -0.963. The van der Waals surface area contributed by atoms with Gasteiger partial charge >= 0.3 is 5.97 Å². The fraction of sp³-hybridized carbons (Fsp3) is 0.833. The van der Waals surface area contributed by atoms with Crippen molar-refractivity contribution in [2.75, 3.05) is 0 Å². The van der Waals surface area contributed by atoms with Gasteiger partial charge in [-0.15, -0.1) is 0 Å². The summed E-state index contributed by atoms with van der Waals surface area (Å²) in [7, 11) is 0. The summed E-state index contributed by atoms with van der Waals surface area (Å²) < 4.78 is 0. The van der Waals surface area contributed by atoms with Crippen LogP contribution in [0.5, 0.6) is 0 Å². The Labute approximate surface area is 97.4 Å². The molecule has 4 heteroatoms. The molecule has 1 amide bonds. The molecule has 2 N–H and O–H groups in total. The summed E-state index contributed by atoms with van der Waals surface area (Å²) in [6, 6.07) is -0.789. The first-order valence-corrected chi connectivity index (χ1v) is 5.80. The number of hydrogen-bond acceptors (Lipinski definition) is 2. The molecule has 2 atom stereocenters. The van der Waals surface area contributed by atoms with Gasteiger partial charge in [0.2, 0.25) is 5.91 Å². The van der Waals surface area contributed by atoms with Crippen molar-refractivity contribution in [3.05, 3.63) is 0 Å². The van der Waals surface area contributed by atoms with Crippen molar-refractivity contribution in [2.45, 2.75) is 53.5 Å². The second-order valence-electron chi connectivity index (χ2n) is 4.91. The lowest BCUT2D eigenvalue weighted by molar-refractivity contribution is -0.145. The van der Waals surface area contributed by atoms with Crippen LogP contribution in [-0.4, -0.2) is 23.0 Å². The van der Waals surface area contributed by atoms with Gasteiger partial charge in [0.15, 0.2) is 0 Å². The Kier molecular flexibility index (Phi) is 5.48. The van der Waals surface area contributed by atoms with E-state index >= 15 is 0 Å². The van der Waals surface area contributed by atoms with Gasteiger partial charge in [0.1, 0.15) is 6.04 Å². The van der Waals surface area contributed by atoms with Crippen LogP contribution in [0.1, 0.15) is 47.5 Å². The van der Waals surface area contributed by atoms with Crippen molar-refractivity contribution in [3.63, 3.8) is 0 Å². The van der Waals surface area contributed by atoms with Gasteiger partial charge in [-0.25, -0.2) is 4.79 Å². The Morgan fingerprint density at radius 3 is 2.12 bits per heavy atom. The smallest absolute Gasteiger partial charge is 0.326 e. The number of amides is 1. The average Bonchev–Trinajstić information content (AvgIpc) is 2.23. The molecule has 0 aromatic rings. The molecule has 4 nitrogen and oxygen atoms in total. The molecule has 0 aliphatic heterocycles. The van der Waals surface area contributed by atoms with E-state index in [0.29, 0.717) is 6.42 Å². The molecule has 0 rings (SSSR count). The van der Waals surface area contributed by atoms with E-state index in [-0.39, 0.29) is 11.8 Å². The number of hydrogen-bond donors (Lipinski definition) is 2. The fourth-order valence-electron chi connectivity index (χ4n) is 1.18. The molecule has 0 bridgehead atoms. The van der Waals surface area contributed by atoms with Gasteiger partial charge in [0, 0.05) is 5.41 Å². The SMILES string of the molecule is CCC(C)C(NC(=O)C(C)(C)CC)C(=O)O. The molecule has 0 saturated carbocycles. The van der Waals surface area contributed by atoms with E-state index in [9.17, 15) is 9.59 Å². The molecular formula is C12H23NO3. The summed E-state index contributed by atoms with van der Waals surface area (Å²) in [4.78, 5) is 22.9. The van der Waals surface area contributed by atoms with Crippen LogP contribution in [0.2, 0.25) is 0 Å². The molecule has 0 aliphatic carbocycles. The Bertz CT molecular complexity index is 261. The largest absolute Gasteiger partial charge is 0.480 e. The van der Waals surface area contributed by atoms with Gasteiger partial charge in [-0.05, 0) is 12.3 Å². The first-order valence-electron chi connectivity index (χ1n) is 5.80. The van der Waals surface area contributed by atoms with Crippen molar-refractivity contribution in [3.8, 4) is 0 Å². The molecular weight excluding hydrogens is 206 g/mol. The normalized spacial score (nSPS) is 15.3. The van der Waals surface area contributed by atoms with Crippen LogP contribution < -0.4 is 5.32 Å². The maximum atomic E-state index is 11.9. The highest BCUT2D eigenvalue weighted by atomic mass is 16.4. The Balaban J connectivity index is 4.65. The number of carbonyl (C=O) groups is 2. The minimum absolute atomic E-state index is 0.0610. The van der Waals surface area contributed by atoms with Crippen molar-refractivity contribution in [1.29, 1.82) is 0 Å². The molecule has 0 aliphatic rings. The van der Waals surface area contributed by atoms with Gasteiger partial charge < -0.3 is 10.4 Å². The molecule has 0 radical (unpaired) electrons. The van der Waals surface area contributed by atoms with Gasteiger partial charge in [-0.2, -0.15) is 0 Å². The average molecular weight is 229 g/mol. The van der Waals surface area contributed by atoms with Crippen LogP contribution >= 0.6 is 0 Å². The third kappa shape index (κ3) is 3.83. The van der Waals surface area contributed by atoms with E-state index in [1.807, 2.05) is 34.6 Å². The maximum absolute atomic E-state index is 11.9. The molecule has 0 heterocycles. The number of nitrogens with one attached hydrogen (secondary N) is 1. The van der Waals surface area contributed by atoms with Crippen LogP contribution in [0.25, 0.3) is 0 Å². The third-order valence-electron chi connectivity index (χ3n) is 3.26. The lowest BCUT2D eigenvalue weighted by Gasteiger charge is -2.27. The van der Waals surface area contributed by atoms with Gasteiger partial charge in [0.05, 0.1) is 0 Å². The number of rotatable bonds is 6. The van der Waals surface area contributed by atoms with Crippen LogP contribution in [0.15, 0.2) is 0 Å². The molecule has 0 aromatic carbocycles. The fourth-order valence-corrected chi connectivity index (χ4v) is 1.18. The van der Waals surface area contributed by atoms with Gasteiger partial charge in [-0.1, -0.05) is 41.0 Å². The lowest BCUT2D eigenvalue weighted by Crippen LogP contribution is -2.49. The third-order valence-corrected chi connectivity index (χ3v) is 3.26. The zero-order valence-electron chi connectivity index (χ0n) is 10.8. The predicted octanol–water partition coefficient (Wildman–Crippen LogP) is 2.04. The van der Waals surface area contributed by atoms with Crippen molar-refractivity contribution in [1.82, 2.24) is 5.32 Å². The topological polar surface area (TPSA) is 66.4 Å². The first kappa shape index (κ1) is 14.9. The lowest BCUT2D eigenvalue weighted by atomic mass is 9.88. The number of carboxylic acid groups (broad SMARTS) is 1. The highest BCUT2D eigenvalue weighted by molar-refractivity contribution is 5.87. The summed E-state index contributed by atoms with van der Waals surface area (Å²) in [5.41, 5.74) is -0.513.